The predicted octanol–water partition coefficient (Wildman–Crippen LogP) is 2.73. The minimum absolute atomic E-state index is 0.00503. The lowest BCUT2D eigenvalue weighted by molar-refractivity contribution is -0.128. The summed E-state index contributed by atoms with van der Waals surface area (Å²) in [5.74, 6) is 1.01. The Labute approximate surface area is 141 Å². The summed E-state index contributed by atoms with van der Waals surface area (Å²) < 4.78 is 5.47. The van der Waals surface area contributed by atoms with Crippen molar-refractivity contribution in [2.24, 2.45) is 5.92 Å². The van der Waals surface area contributed by atoms with Gasteiger partial charge in [-0.25, -0.2) is 0 Å². The molecule has 0 spiro atoms. The molecule has 2 atom stereocenters. The molecular formula is C19H22N2O3. The second-order valence-electron chi connectivity index (χ2n) is 6.40. The van der Waals surface area contributed by atoms with Crippen LogP contribution in [0.25, 0.3) is 0 Å². The number of aryl methyl sites for hydroxylation is 2. The minimum Gasteiger partial charge on any atom is -0.465 e. The molecule has 2 heterocycles. The lowest BCUT2D eigenvalue weighted by atomic mass is 9.92. The summed E-state index contributed by atoms with van der Waals surface area (Å²) in [4.78, 5) is 26.5. The second kappa shape index (κ2) is 6.51. The Kier molecular flexibility index (Phi) is 4.42. The molecule has 3 rings (SSSR count). The number of furan rings is 1. The first kappa shape index (κ1) is 16.3. The smallest absolute Gasteiger partial charge is 0.226 e. The van der Waals surface area contributed by atoms with E-state index in [1.807, 2.05) is 50.2 Å². The van der Waals surface area contributed by atoms with Crippen LogP contribution in [0, 0.1) is 19.8 Å². The van der Waals surface area contributed by atoms with E-state index in [4.69, 9.17) is 4.42 Å². The average molecular weight is 326 g/mol. The first-order chi connectivity index (χ1) is 11.5. The van der Waals surface area contributed by atoms with Crippen LogP contribution >= 0.6 is 0 Å². The van der Waals surface area contributed by atoms with Gasteiger partial charge in [-0.05, 0) is 31.5 Å². The lowest BCUT2D eigenvalue weighted by Gasteiger charge is -2.25. The van der Waals surface area contributed by atoms with Gasteiger partial charge in [-0.15, -0.1) is 0 Å². The highest BCUT2D eigenvalue weighted by Crippen LogP contribution is 2.37. The van der Waals surface area contributed by atoms with Gasteiger partial charge in [0.05, 0.1) is 18.5 Å². The Morgan fingerprint density at radius 2 is 1.92 bits per heavy atom. The SMILES string of the molecule is Cc1ccc([C@H]2[C@H](C(=O)NCc3ccc(C)o3)CC(=O)N2C)cc1. The number of carbonyl (C=O) groups excluding carboxylic acids is 2. The van der Waals surface area contributed by atoms with Gasteiger partial charge in [0, 0.05) is 13.5 Å². The van der Waals surface area contributed by atoms with E-state index in [-0.39, 0.29) is 30.2 Å². The fourth-order valence-corrected chi connectivity index (χ4v) is 3.21. The molecule has 0 bridgehead atoms. The van der Waals surface area contributed by atoms with Crippen molar-refractivity contribution in [2.75, 3.05) is 7.05 Å². The molecule has 2 aromatic rings. The molecule has 1 aromatic carbocycles. The Balaban J connectivity index is 1.75. The van der Waals surface area contributed by atoms with E-state index in [9.17, 15) is 9.59 Å². The number of amides is 2. The number of likely N-dealkylation sites (tertiary alicyclic amines) is 1. The van der Waals surface area contributed by atoms with Crippen LogP contribution in [-0.4, -0.2) is 23.8 Å². The Morgan fingerprint density at radius 1 is 1.21 bits per heavy atom. The van der Waals surface area contributed by atoms with Gasteiger partial charge < -0.3 is 14.6 Å². The summed E-state index contributed by atoms with van der Waals surface area (Å²) in [7, 11) is 1.76. The van der Waals surface area contributed by atoms with Crippen molar-refractivity contribution < 1.29 is 14.0 Å². The van der Waals surface area contributed by atoms with Crippen LogP contribution in [0.4, 0.5) is 0 Å². The fourth-order valence-electron chi connectivity index (χ4n) is 3.21. The molecule has 2 amide bonds. The maximum atomic E-state index is 12.6. The maximum absolute atomic E-state index is 12.6. The van der Waals surface area contributed by atoms with Gasteiger partial charge in [-0.3, -0.25) is 9.59 Å². The van der Waals surface area contributed by atoms with Crippen molar-refractivity contribution in [3.63, 3.8) is 0 Å². The highest BCUT2D eigenvalue weighted by molar-refractivity contribution is 5.90. The maximum Gasteiger partial charge on any atom is 0.226 e. The third-order valence-electron chi connectivity index (χ3n) is 4.57. The first-order valence-corrected chi connectivity index (χ1v) is 8.11. The molecule has 5 nitrogen and oxygen atoms in total. The quantitative estimate of drug-likeness (QED) is 0.940. The van der Waals surface area contributed by atoms with E-state index in [1.54, 1.807) is 11.9 Å². The molecule has 1 N–H and O–H groups in total. The molecule has 1 aliphatic rings. The highest BCUT2D eigenvalue weighted by atomic mass is 16.3. The van der Waals surface area contributed by atoms with Crippen LogP contribution in [0.5, 0.6) is 0 Å². The van der Waals surface area contributed by atoms with E-state index < -0.39 is 0 Å². The minimum atomic E-state index is -0.388. The normalized spacial score (nSPS) is 20.5. The van der Waals surface area contributed by atoms with Gasteiger partial charge in [-0.2, -0.15) is 0 Å². The molecule has 0 aliphatic carbocycles. The van der Waals surface area contributed by atoms with Crippen LogP contribution in [0.2, 0.25) is 0 Å². The molecule has 0 radical (unpaired) electrons. The number of nitrogens with zero attached hydrogens (tertiary/aromatic N) is 1. The van der Waals surface area contributed by atoms with Gasteiger partial charge in [0.15, 0.2) is 0 Å². The zero-order chi connectivity index (χ0) is 17.3. The highest BCUT2D eigenvalue weighted by Gasteiger charge is 2.42. The van der Waals surface area contributed by atoms with E-state index in [0.717, 1.165) is 16.9 Å². The van der Waals surface area contributed by atoms with Crippen molar-refractivity contribution in [3.05, 3.63) is 59.0 Å². The summed E-state index contributed by atoms with van der Waals surface area (Å²) in [6.07, 6.45) is 0.234. The Hall–Kier alpha value is -2.56. The lowest BCUT2D eigenvalue weighted by Crippen LogP contribution is -2.34. The third-order valence-corrected chi connectivity index (χ3v) is 4.57. The van der Waals surface area contributed by atoms with Gasteiger partial charge in [0.2, 0.25) is 11.8 Å². The largest absolute Gasteiger partial charge is 0.465 e. The summed E-state index contributed by atoms with van der Waals surface area (Å²) in [6.45, 7) is 4.22. The number of rotatable bonds is 4. The van der Waals surface area contributed by atoms with Gasteiger partial charge >= 0.3 is 0 Å². The van der Waals surface area contributed by atoms with E-state index in [1.165, 1.54) is 0 Å². The van der Waals surface area contributed by atoms with Crippen LogP contribution in [0.3, 0.4) is 0 Å². The molecule has 5 heteroatoms. The zero-order valence-electron chi connectivity index (χ0n) is 14.2. The molecule has 1 aromatic heterocycles. The summed E-state index contributed by atoms with van der Waals surface area (Å²) >= 11 is 0. The predicted molar refractivity (Wildman–Crippen MR) is 90.1 cm³/mol. The topological polar surface area (TPSA) is 62.6 Å². The van der Waals surface area contributed by atoms with Gasteiger partial charge in [-0.1, -0.05) is 29.8 Å². The summed E-state index contributed by atoms with van der Waals surface area (Å²) in [5, 5.41) is 2.89. The van der Waals surface area contributed by atoms with Gasteiger partial charge in [0.25, 0.3) is 0 Å². The van der Waals surface area contributed by atoms with Crippen molar-refractivity contribution in [1.82, 2.24) is 10.2 Å². The number of hydrogen-bond donors (Lipinski definition) is 1. The number of benzene rings is 1. The molecular weight excluding hydrogens is 304 g/mol. The van der Waals surface area contributed by atoms with Crippen LogP contribution < -0.4 is 5.32 Å². The second-order valence-corrected chi connectivity index (χ2v) is 6.40. The van der Waals surface area contributed by atoms with Crippen molar-refractivity contribution in [3.8, 4) is 0 Å². The fraction of sp³-hybridized carbons (Fsp3) is 0.368. The number of hydrogen-bond acceptors (Lipinski definition) is 3. The summed E-state index contributed by atoms with van der Waals surface area (Å²) in [6, 6.07) is 11.5. The van der Waals surface area contributed by atoms with E-state index >= 15 is 0 Å². The van der Waals surface area contributed by atoms with Crippen molar-refractivity contribution in [2.45, 2.75) is 32.9 Å². The third kappa shape index (κ3) is 3.20. The first-order valence-electron chi connectivity index (χ1n) is 8.11. The van der Waals surface area contributed by atoms with Crippen molar-refractivity contribution >= 4 is 11.8 Å². The van der Waals surface area contributed by atoms with E-state index in [2.05, 4.69) is 5.32 Å². The monoisotopic (exact) mass is 326 g/mol. The van der Waals surface area contributed by atoms with Crippen LogP contribution in [0.15, 0.2) is 40.8 Å². The molecule has 24 heavy (non-hydrogen) atoms. The molecule has 1 aliphatic heterocycles. The Bertz CT molecular complexity index is 748. The standard InChI is InChI=1S/C19H22N2O3/c1-12-4-7-14(8-5-12)18-16(10-17(22)21(18)3)19(23)20-11-15-9-6-13(2)24-15/h4-9,16,18H,10-11H2,1-3H3,(H,20,23)/t16-,18+/m1/s1. The van der Waals surface area contributed by atoms with Crippen LogP contribution in [-0.2, 0) is 16.1 Å². The molecule has 1 saturated heterocycles. The molecule has 0 saturated carbocycles. The molecule has 0 unspecified atom stereocenters. The molecule has 126 valence electrons. The average Bonchev–Trinajstić information content (AvgIpc) is 3.10. The number of nitrogens with one attached hydrogen (secondary N) is 1. The van der Waals surface area contributed by atoms with Gasteiger partial charge in [0.1, 0.15) is 11.5 Å². The zero-order valence-corrected chi connectivity index (χ0v) is 14.2. The van der Waals surface area contributed by atoms with Crippen molar-refractivity contribution in [1.29, 1.82) is 0 Å². The number of carbonyl (C=O) groups is 2. The molecule has 1 fully saturated rings. The van der Waals surface area contributed by atoms with E-state index in [0.29, 0.717) is 12.3 Å². The summed E-state index contributed by atoms with van der Waals surface area (Å²) in [5.41, 5.74) is 2.14. The van der Waals surface area contributed by atoms with Crippen LogP contribution in [0.1, 0.15) is 35.1 Å². The Morgan fingerprint density at radius 3 is 2.54 bits per heavy atom.